The summed E-state index contributed by atoms with van der Waals surface area (Å²) in [6, 6.07) is 20.0. The zero-order valence-electron chi connectivity index (χ0n) is 20.9. The van der Waals surface area contributed by atoms with E-state index in [0.29, 0.717) is 35.5 Å². The van der Waals surface area contributed by atoms with Crippen LogP contribution in [0.25, 0.3) is 10.9 Å². The van der Waals surface area contributed by atoms with Crippen LogP contribution in [0.2, 0.25) is 0 Å². The molecule has 0 saturated heterocycles. The minimum Gasteiger partial charge on any atom is -0.494 e. The van der Waals surface area contributed by atoms with Crippen molar-refractivity contribution in [1.29, 1.82) is 0 Å². The fraction of sp³-hybridized carbons (Fsp3) is 0.241. The normalized spacial score (nSPS) is 14.7. The molecule has 8 heteroatoms. The van der Waals surface area contributed by atoms with Crippen molar-refractivity contribution in [2.45, 2.75) is 19.4 Å². The highest BCUT2D eigenvalue weighted by molar-refractivity contribution is 6.04. The SMILES string of the molecule is COc1cccc2c1N(C)C[C@@H](COc1ccc(C(=O)n3c(C)cc4c(CC(=O)O)cccc43)cc1)O2. The van der Waals surface area contributed by atoms with Gasteiger partial charge in [0.25, 0.3) is 5.91 Å². The molecule has 1 aliphatic heterocycles. The molecule has 37 heavy (non-hydrogen) atoms. The van der Waals surface area contributed by atoms with E-state index in [2.05, 4.69) is 4.90 Å². The number of nitrogens with zero attached hydrogens (tertiary/aromatic N) is 2. The number of hydrogen-bond acceptors (Lipinski definition) is 6. The van der Waals surface area contributed by atoms with Gasteiger partial charge >= 0.3 is 5.97 Å². The lowest BCUT2D eigenvalue weighted by Crippen LogP contribution is -2.41. The van der Waals surface area contributed by atoms with Crippen molar-refractivity contribution in [3.8, 4) is 17.2 Å². The molecule has 0 radical (unpaired) electrons. The van der Waals surface area contributed by atoms with Gasteiger partial charge in [-0.05, 0) is 61.0 Å². The molecule has 190 valence electrons. The third kappa shape index (κ3) is 4.70. The first-order valence-corrected chi connectivity index (χ1v) is 12.0. The molecular formula is C29H28N2O6. The van der Waals surface area contributed by atoms with Crippen LogP contribution in [0.4, 0.5) is 5.69 Å². The smallest absolute Gasteiger partial charge is 0.307 e. The Labute approximate surface area is 214 Å². The molecule has 1 aliphatic rings. The number of ether oxygens (including phenoxy) is 3. The number of anilines is 1. The summed E-state index contributed by atoms with van der Waals surface area (Å²) in [5.74, 6) is 1.06. The van der Waals surface area contributed by atoms with Crippen molar-refractivity contribution in [1.82, 2.24) is 4.57 Å². The number of likely N-dealkylation sites (N-methyl/N-ethyl adjacent to an activating group) is 1. The van der Waals surface area contributed by atoms with Gasteiger partial charge in [0, 0.05) is 23.7 Å². The van der Waals surface area contributed by atoms with Crippen molar-refractivity contribution < 1.29 is 28.9 Å². The first-order chi connectivity index (χ1) is 17.9. The average molecular weight is 501 g/mol. The zero-order chi connectivity index (χ0) is 26.1. The van der Waals surface area contributed by atoms with Gasteiger partial charge in [-0.15, -0.1) is 0 Å². The highest BCUT2D eigenvalue weighted by Gasteiger charge is 2.27. The molecule has 0 bridgehead atoms. The summed E-state index contributed by atoms with van der Waals surface area (Å²) in [7, 11) is 3.64. The number of para-hydroxylation sites is 1. The Hall–Kier alpha value is -4.46. The third-order valence-electron chi connectivity index (χ3n) is 6.54. The van der Waals surface area contributed by atoms with Crippen LogP contribution in [0.3, 0.4) is 0 Å². The largest absolute Gasteiger partial charge is 0.494 e. The molecule has 0 spiro atoms. The molecule has 1 N–H and O–H groups in total. The van der Waals surface area contributed by atoms with Crippen LogP contribution >= 0.6 is 0 Å². The summed E-state index contributed by atoms with van der Waals surface area (Å²) in [6.45, 7) is 2.84. The van der Waals surface area contributed by atoms with E-state index in [4.69, 9.17) is 14.2 Å². The molecule has 0 amide bonds. The summed E-state index contributed by atoms with van der Waals surface area (Å²) >= 11 is 0. The van der Waals surface area contributed by atoms with E-state index in [1.165, 1.54) is 0 Å². The minimum atomic E-state index is -0.908. The molecule has 8 nitrogen and oxygen atoms in total. The van der Waals surface area contributed by atoms with Crippen LogP contribution < -0.4 is 19.1 Å². The lowest BCUT2D eigenvalue weighted by Gasteiger charge is -2.34. The quantitative estimate of drug-likeness (QED) is 0.398. The van der Waals surface area contributed by atoms with E-state index in [1.54, 1.807) is 48.1 Å². The second-order valence-corrected chi connectivity index (χ2v) is 9.11. The van der Waals surface area contributed by atoms with E-state index in [9.17, 15) is 14.7 Å². The molecule has 0 unspecified atom stereocenters. The fourth-order valence-corrected chi connectivity index (χ4v) is 4.86. The summed E-state index contributed by atoms with van der Waals surface area (Å²) in [4.78, 5) is 26.7. The number of carbonyl (C=O) groups excluding carboxylic acids is 1. The third-order valence-corrected chi connectivity index (χ3v) is 6.54. The van der Waals surface area contributed by atoms with Gasteiger partial charge in [0.15, 0.2) is 0 Å². The molecule has 1 aromatic heterocycles. The van der Waals surface area contributed by atoms with Crippen molar-refractivity contribution in [2.75, 3.05) is 32.2 Å². The molecule has 3 aromatic carbocycles. The second-order valence-electron chi connectivity index (χ2n) is 9.11. The lowest BCUT2D eigenvalue weighted by atomic mass is 10.1. The van der Waals surface area contributed by atoms with Crippen LogP contribution in [-0.4, -0.2) is 55.0 Å². The van der Waals surface area contributed by atoms with Crippen LogP contribution in [0, 0.1) is 6.92 Å². The number of aryl methyl sites for hydroxylation is 1. The molecule has 0 saturated carbocycles. The van der Waals surface area contributed by atoms with Gasteiger partial charge in [-0.3, -0.25) is 14.2 Å². The number of benzene rings is 3. The first kappa shape index (κ1) is 24.2. The Kier molecular flexibility index (Phi) is 6.48. The van der Waals surface area contributed by atoms with E-state index in [1.807, 2.05) is 44.3 Å². The van der Waals surface area contributed by atoms with Gasteiger partial charge < -0.3 is 24.2 Å². The van der Waals surface area contributed by atoms with Gasteiger partial charge in [-0.25, -0.2) is 0 Å². The van der Waals surface area contributed by atoms with Gasteiger partial charge in [0.1, 0.15) is 35.6 Å². The Bertz CT molecular complexity index is 1470. The summed E-state index contributed by atoms with van der Waals surface area (Å²) < 4.78 is 19.2. The Morgan fingerprint density at radius 1 is 1.08 bits per heavy atom. The maximum atomic E-state index is 13.4. The second kappa shape index (κ2) is 9.89. The number of hydrogen-bond donors (Lipinski definition) is 1. The molecule has 2 heterocycles. The number of carbonyl (C=O) groups is 2. The van der Waals surface area contributed by atoms with Gasteiger partial charge in [-0.1, -0.05) is 18.2 Å². The number of methoxy groups -OCH3 is 1. The number of carboxylic acid groups (broad SMARTS) is 1. The Morgan fingerprint density at radius 3 is 2.57 bits per heavy atom. The molecule has 1 atom stereocenters. The van der Waals surface area contributed by atoms with E-state index in [-0.39, 0.29) is 18.4 Å². The fourth-order valence-electron chi connectivity index (χ4n) is 4.86. The highest BCUT2D eigenvalue weighted by Crippen LogP contribution is 2.40. The number of rotatable bonds is 7. The topological polar surface area (TPSA) is 90.2 Å². The van der Waals surface area contributed by atoms with E-state index in [0.717, 1.165) is 28.3 Å². The molecule has 5 rings (SSSR count). The maximum absolute atomic E-state index is 13.4. The Balaban J connectivity index is 1.29. The first-order valence-electron chi connectivity index (χ1n) is 12.0. The predicted octanol–water partition coefficient (Wildman–Crippen LogP) is 4.55. The average Bonchev–Trinajstić information content (AvgIpc) is 3.23. The van der Waals surface area contributed by atoms with Crippen LogP contribution in [0.15, 0.2) is 66.7 Å². The highest BCUT2D eigenvalue weighted by atomic mass is 16.5. The van der Waals surface area contributed by atoms with Gasteiger partial charge in [0.2, 0.25) is 0 Å². The van der Waals surface area contributed by atoms with Crippen molar-refractivity contribution in [3.05, 3.63) is 83.6 Å². The summed E-state index contributed by atoms with van der Waals surface area (Å²) in [6.07, 6.45) is -0.263. The summed E-state index contributed by atoms with van der Waals surface area (Å²) in [5.41, 5.74) is 3.55. The predicted molar refractivity (Wildman–Crippen MR) is 140 cm³/mol. The van der Waals surface area contributed by atoms with E-state index >= 15 is 0 Å². The molecular weight excluding hydrogens is 472 g/mol. The zero-order valence-corrected chi connectivity index (χ0v) is 20.9. The number of fused-ring (bicyclic) bond motifs is 2. The standard InChI is InChI=1S/C29H28N2O6/c1-18-14-23-20(15-27(32)33)6-4-7-24(23)31(18)29(34)19-10-12-21(13-11-19)36-17-22-16-30(2)28-25(35-3)8-5-9-26(28)37-22/h4-14,22H,15-17H2,1-3H3,(H,32,33)/t22-/m0/s1. The van der Waals surface area contributed by atoms with Gasteiger partial charge in [0.05, 0.1) is 25.6 Å². The molecule has 4 aromatic rings. The van der Waals surface area contributed by atoms with Crippen LogP contribution in [0.1, 0.15) is 21.6 Å². The number of carboxylic acids is 1. The maximum Gasteiger partial charge on any atom is 0.307 e. The number of aromatic nitrogens is 1. The van der Waals surface area contributed by atoms with Crippen molar-refractivity contribution in [2.24, 2.45) is 0 Å². The van der Waals surface area contributed by atoms with Gasteiger partial charge in [-0.2, -0.15) is 0 Å². The monoisotopic (exact) mass is 500 g/mol. The Morgan fingerprint density at radius 2 is 1.84 bits per heavy atom. The number of aliphatic carboxylic acids is 1. The van der Waals surface area contributed by atoms with Crippen LogP contribution in [0.5, 0.6) is 17.2 Å². The van der Waals surface area contributed by atoms with E-state index < -0.39 is 5.97 Å². The van der Waals surface area contributed by atoms with Crippen molar-refractivity contribution in [3.63, 3.8) is 0 Å². The van der Waals surface area contributed by atoms with Crippen LogP contribution in [-0.2, 0) is 11.2 Å². The van der Waals surface area contributed by atoms with Crippen molar-refractivity contribution >= 4 is 28.5 Å². The molecule has 0 fully saturated rings. The molecule has 0 aliphatic carbocycles. The lowest BCUT2D eigenvalue weighted by molar-refractivity contribution is -0.136. The summed E-state index contributed by atoms with van der Waals surface area (Å²) in [5, 5.41) is 9.99. The minimum absolute atomic E-state index is 0.0966.